The van der Waals surface area contributed by atoms with Gasteiger partial charge in [0.15, 0.2) is 0 Å². The third-order valence-electron chi connectivity index (χ3n) is 3.35. The van der Waals surface area contributed by atoms with E-state index in [0.717, 1.165) is 25.9 Å². The fraction of sp³-hybridized carbons (Fsp3) is 0.267. The molecule has 0 aliphatic carbocycles. The van der Waals surface area contributed by atoms with Crippen molar-refractivity contribution in [3.63, 3.8) is 0 Å². The van der Waals surface area contributed by atoms with E-state index in [0.29, 0.717) is 11.6 Å². The molecular formula is C15H15FN4O. The van der Waals surface area contributed by atoms with Gasteiger partial charge in [-0.05, 0) is 37.1 Å². The van der Waals surface area contributed by atoms with Crippen molar-refractivity contribution in [2.24, 2.45) is 0 Å². The molecule has 1 aliphatic heterocycles. The number of rotatable bonds is 3. The van der Waals surface area contributed by atoms with Crippen molar-refractivity contribution >= 4 is 17.5 Å². The van der Waals surface area contributed by atoms with Gasteiger partial charge in [0, 0.05) is 25.0 Å². The van der Waals surface area contributed by atoms with Crippen molar-refractivity contribution in [1.29, 1.82) is 0 Å². The average Bonchev–Trinajstić information content (AvgIpc) is 3.02. The summed E-state index contributed by atoms with van der Waals surface area (Å²) in [6.07, 6.45) is 3.80. The van der Waals surface area contributed by atoms with Crippen LogP contribution in [0.4, 0.5) is 16.0 Å². The number of carbonyl (C=O) groups is 1. The van der Waals surface area contributed by atoms with Crippen molar-refractivity contribution in [2.75, 3.05) is 23.3 Å². The van der Waals surface area contributed by atoms with Crippen molar-refractivity contribution < 1.29 is 9.18 Å². The molecule has 0 atom stereocenters. The van der Waals surface area contributed by atoms with Gasteiger partial charge in [0.2, 0.25) is 5.95 Å². The molecule has 21 heavy (non-hydrogen) atoms. The van der Waals surface area contributed by atoms with E-state index in [4.69, 9.17) is 0 Å². The van der Waals surface area contributed by atoms with Crippen molar-refractivity contribution in [1.82, 2.24) is 9.97 Å². The van der Waals surface area contributed by atoms with E-state index in [1.54, 1.807) is 24.4 Å². The Balaban J connectivity index is 1.76. The van der Waals surface area contributed by atoms with Crippen LogP contribution >= 0.6 is 0 Å². The lowest BCUT2D eigenvalue weighted by atomic mass is 10.3. The third kappa shape index (κ3) is 3.16. The second kappa shape index (κ2) is 5.87. The zero-order chi connectivity index (χ0) is 14.7. The largest absolute Gasteiger partial charge is 0.341 e. The predicted octanol–water partition coefficient (Wildman–Crippen LogP) is 2.47. The van der Waals surface area contributed by atoms with Gasteiger partial charge in [0.05, 0.1) is 0 Å². The molecule has 0 unspecified atom stereocenters. The first-order valence-corrected chi connectivity index (χ1v) is 6.87. The fourth-order valence-corrected chi connectivity index (χ4v) is 2.31. The van der Waals surface area contributed by atoms with E-state index in [1.807, 2.05) is 0 Å². The number of anilines is 2. The van der Waals surface area contributed by atoms with Crippen LogP contribution in [0.1, 0.15) is 23.3 Å². The molecule has 0 bridgehead atoms. The van der Waals surface area contributed by atoms with Gasteiger partial charge in [-0.3, -0.25) is 4.79 Å². The van der Waals surface area contributed by atoms with E-state index in [-0.39, 0.29) is 11.6 Å². The smallest absolute Gasteiger partial charge is 0.274 e. The van der Waals surface area contributed by atoms with Gasteiger partial charge in [0.25, 0.3) is 5.91 Å². The molecule has 6 heteroatoms. The summed E-state index contributed by atoms with van der Waals surface area (Å²) >= 11 is 0. The lowest BCUT2D eigenvalue weighted by molar-refractivity contribution is 0.102. The summed E-state index contributed by atoms with van der Waals surface area (Å²) in [6.45, 7) is 1.82. The Morgan fingerprint density at radius 2 is 2.05 bits per heavy atom. The van der Waals surface area contributed by atoms with Gasteiger partial charge in [-0.15, -0.1) is 0 Å². The van der Waals surface area contributed by atoms with Gasteiger partial charge < -0.3 is 10.2 Å². The molecule has 1 fully saturated rings. The highest BCUT2D eigenvalue weighted by Gasteiger charge is 2.17. The minimum absolute atomic E-state index is 0.274. The van der Waals surface area contributed by atoms with Crippen LogP contribution in [-0.4, -0.2) is 29.0 Å². The van der Waals surface area contributed by atoms with Crippen LogP contribution in [0.3, 0.4) is 0 Å². The Bertz CT molecular complexity index is 656. The molecule has 0 radical (unpaired) electrons. The van der Waals surface area contributed by atoms with Crippen LogP contribution in [0, 0.1) is 5.82 Å². The maximum Gasteiger partial charge on any atom is 0.274 e. The molecule has 1 aliphatic rings. The molecule has 108 valence electrons. The molecule has 1 aromatic heterocycles. The number of benzene rings is 1. The molecule has 5 nitrogen and oxygen atoms in total. The van der Waals surface area contributed by atoms with E-state index in [2.05, 4.69) is 20.2 Å². The summed E-state index contributed by atoms with van der Waals surface area (Å²) in [4.78, 5) is 22.7. The van der Waals surface area contributed by atoms with Crippen LogP contribution in [0.25, 0.3) is 0 Å². The standard InChI is InChI=1S/C15H15FN4O/c16-11-4-3-5-12(10-11)18-14(21)13-6-7-17-15(19-13)20-8-1-2-9-20/h3-7,10H,1-2,8-9H2,(H,18,21). The van der Waals surface area contributed by atoms with E-state index in [9.17, 15) is 9.18 Å². The Morgan fingerprint density at radius 3 is 2.81 bits per heavy atom. The Morgan fingerprint density at radius 1 is 1.24 bits per heavy atom. The number of aromatic nitrogens is 2. The number of halogens is 1. The van der Waals surface area contributed by atoms with Crippen molar-refractivity contribution in [3.05, 3.63) is 48.0 Å². The first kappa shape index (κ1) is 13.5. The lowest BCUT2D eigenvalue weighted by Gasteiger charge is -2.15. The van der Waals surface area contributed by atoms with Crippen LogP contribution in [0.15, 0.2) is 36.5 Å². The Kier molecular flexibility index (Phi) is 3.77. The van der Waals surface area contributed by atoms with Crippen molar-refractivity contribution in [2.45, 2.75) is 12.8 Å². The quantitative estimate of drug-likeness (QED) is 0.941. The molecule has 1 saturated heterocycles. The summed E-state index contributed by atoms with van der Waals surface area (Å²) < 4.78 is 13.1. The number of carbonyl (C=O) groups excluding carboxylic acids is 1. The summed E-state index contributed by atoms with van der Waals surface area (Å²) in [5.74, 6) is -0.198. The number of nitrogens with zero attached hydrogens (tertiary/aromatic N) is 3. The van der Waals surface area contributed by atoms with Gasteiger partial charge >= 0.3 is 0 Å². The van der Waals surface area contributed by atoms with Gasteiger partial charge in [0.1, 0.15) is 11.5 Å². The van der Waals surface area contributed by atoms with Crippen LogP contribution in [-0.2, 0) is 0 Å². The highest BCUT2D eigenvalue weighted by molar-refractivity contribution is 6.02. The summed E-state index contributed by atoms with van der Waals surface area (Å²) in [7, 11) is 0. The monoisotopic (exact) mass is 286 g/mol. The molecule has 0 saturated carbocycles. The Hall–Kier alpha value is -2.50. The molecule has 2 heterocycles. The second-order valence-electron chi connectivity index (χ2n) is 4.90. The van der Waals surface area contributed by atoms with Crippen LogP contribution in [0.2, 0.25) is 0 Å². The number of hydrogen-bond donors (Lipinski definition) is 1. The van der Waals surface area contributed by atoms with Gasteiger partial charge in [-0.2, -0.15) is 0 Å². The van der Waals surface area contributed by atoms with Gasteiger partial charge in [-0.1, -0.05) is 6.07 Å². The minimum Gasteiger partial charge on any atom is -0.341 e. The molecule has 3 rings (SSSR count). The van der Waals surface area contributed by atoms with E-state index >= 15 is 0 Å². The average molecular weight is 286 g/mol. The predicted molar refractivity (Wildman–Crippen MR) is 77.8 cm³/mol. The molecule has 1 aromatic carbocycles. The first-order chi connectivity index (χ1) is 10.2. The molecule has 0 spiro atoms. The number of amides is 1. The highest BCUT2D eigenvalue weighted by Crippen LogP contribution is 2.16. The zero-order valence-electron chi connectivity index (χ0n) is 11.4. The fourth-order valence-electron chi connectivity index (χ4n) is 2.31. The van der Waals surface area contributed by atoms with Crippen LogP contribution < -0.4 is 10.2 Å². The topological polar surface area (TPSA) is 58.1 Å². The Labute approximate surface area is 121 Å². The van der Waals surface area contributed by atoms with E-state index in [1.165, 1.54) is 12.1 Å². The zero-order valence-corrected chi connectivity index (χ0v) is 11.4. The van der Waals surface area contributed by atoms with Crippen LogP contribution in [0.5, 0.6) is 0 Å². The summed E-state index contributed by atoms with van der Waals surface area (Å²) in [6, 6.07) is 7.31. The maximum atomic E-state index is 13.1. The highest BCUT2D eigenvalue weighted by atomic mass is 19.1. The van der Waals surface area contributed by atoms with Crippen molar-refractivity contribution in [3.8, 4) is 0 Å². The normalized spacial score (nSPS) is 14.2. The SMILES string of the molecule is O=C(Nc1cccc(F)c1)c1ccnc(N2CCCC2)n1. The molecular weight excluding hydrogens is 271 g/mol. The third-order valence-corrected chi connectivity index (χ3v) is 3.35. The molecule has 2 aromatic rings. The summed E-state index contributed by atoms with van der Waals surface area (Å²) in [5.41, 5.74) is 0.678. The maximum absolute atomic E-state index is 13.1. The second-order valence-corrected chi connectivity index (χ2v) is 4.90. The van der Waals surface area contributed by atoms with E-state index < -0.39 is 5.82 Å². The molecule has 1 N–H and O–H groups in total. The number of hydrogen-bond acceptors (Lipinski definition) is 4. The first-order valence-electron chi connectivity index (χ1n) is 6.87. The lowest BCUT2D eigenvalue weighted by Crippen LogP contribution is -2.22. The number of nitrogens with one attached hydrogen (secondary N) is 1. The summed E-state index contributed by atoms with van der Waals surface area (Å²) in [5, 5.41) is 2.63. The van der Waals surface area contributed by atoms with Gasteiger partial charge in [-0.25, -0.2) is 14.4 Å². The minimum atomic E-state index is -0.395. The molecule has 1 amide bonds.